The molecule has 100 valence electrons. The molecule has 1 aromatic carbocycles. The molecule has 1 aliphatic heterocycles. The average Bonchev–Trinajstić information content (AvgIpc) is 2.76. The molecule has 1 aromatic rings. The molecular formula is C14H19BN2O2. The molecule has 4 nitrogen and oxygen atoms in total. The third kappa shape index (κ3) is 3.36. The number of nitrogens with zero attached hydrogens (tertiary/aromatic N) is 2. The first kappa shape index (κ1) is 14.1. The lowest BCUT2D eigenvalue weighted by Gasteiger charge is -2.26. The van der Waals surface area contributed by atoms with E-state index in [4.69, 9.17) is 12.7 Å². The van der Waals surface area contributed by atoms with E-state index >= 15 is 0 Å². The van der Waals surface area contributed by atoms with Crippen molar-refractivity contribution in [1.29, 1.82) is 0 Å². The molecule has 0 aliphatic carbocycles. The van der Waals surface area contributed by atoms with Crippen molar-refractivity contribution < 1.29 is 9.53 Å². The van der Waals surface area contributed by atoms with Crippen LogP contribution in [-0.2, 0) is 16.1 Å². The van der Waals surface area contributed by atoms with E-state index < -0.39 is 0 Å². The van der Waals surface area contributed by atoms with E-state index in [2.05, 4.69) is 18.9 Å². The predicted octanol–water partition coefficient (Wildman–Crippen LogP) is 1.34. The Balaban J connectivity index is 2.05. The van der Waals surface area contributed by atoms with Crippen molar-refractivity contribution in [3.05, 3.63) is 29.8 Å². The highest BCUT2D eigenvalue weighted by Crippen LogP contribution is 2.27. The van der Waals surface area contributed by atoms with Crippen LogP contribution >= 0.6 is 0 Å². The fourth-order valence-corrected chi connectivity index (χ4v) is 2.47. The fourth-order valence-electron chi connectivity index (χ4n) is 2.47. The summed E-state index contributed by atoms with van der Waals surface area (Å²) < 4.78 is 6.04. The van der Waals surface area contributed by atoms with Crippen molar-refractivity contribution >= 4 is 20.1 Å². The van der Waals surface area contributed by atoms with Crippen LogP contribution in [0.5, 0.6) is 0 Å². The van der Waals surface area contributed by atoms with Crippen LogP contribution in [-0.4, -0.2) is 45.0 Å². The Morgan fingerprint density at radius 2 is 2.26 bits per heavy atom. The number of anilines is 1. The van der Waals surface area contributed by atoms with Crippen LogP contribution in [0.2, 0.25) is 0 Å². The molecule has 1 fully saturated rings. The highest BCUT2D eigenvalue weighted by atomic mass is 16.5. The second-order valence-electron chi connectivity index (χ2n) is 5.37. The lowest BCUT2D eigenvalue weighted by atomic mass is 10.1. The summed E-state index contributed by atoms with van der Waals surface area (Å²) in [5, 5.41) is 0. The second-order valence-corrected chi connectivity index (χ2v) is 5.37. The Bertz CT molecular complexity index is 455. The van der Waals surface area contributed by atoms with E-state index in [1.165, 1.54) is 0 Å². The number of hydrogen-bond acceptors (Lipinski definition) is 3. The summed E-state index contributed by atoms with van der Waals surface area (Å²) in [4.78, 5) is 14.1. The van der Waals surface area contributed by atoms with Gasteiger partial charge in [0.1, 0.15) is 0 Å². The van der Waals surface area contributed by atoms with E-state index in [9.17, 15) is 4.79 Å². The van der Waals surface area contributed by atoms with Crippen molar-refractivity contribution in [3.8, 4) is 0 Å². The van der Waals surface area contributed by atoms with Gasteiger partial charge in [-0.1, -0.05) is 18.2 Å². The molecule has 1 unspecified atom stereocenters. The van der Waals surface area contributed by atoms with Gasteiger partial charge in [-0.2, -0.15) is 0 Å². The van der Waals surface area contributed by atoms with Gasteiger partial charge in [0.15, 0.2) is 0 Å². The number of carbonyl (C=O) groups is 1. The van der Waals surface area contributed by atoms with Gasteiger partial charge in [0.2, 0.25) is 14.4 Å². The lowest BCUT2D eigenvalue weighted by molar-refractivity contribution is -0.106. The molecule has 0 spiro atoms. The average molecular weight is 258 g/mol. The molecule has 1 aliphatic rings. The normalized spacial score (nSPS) is 23.5. The largest absolute Gasteiger partial charge is 0.371 e. The number of carbonyl (C=O) groups excluding carboxylic acids is 1. The van der Waals surface area contributed by atoms with Crippen LogP contribution in [0.1, 0.15) is 18.9 Å². The number of amides is 1. The zero-order valence-electron chi connectivity index (χ0n) is 11.5. The van der Waals surface area contributed by atoms with Crippen molar-refractivity contribution in [2.24, 2.45) is 0 Å². The SMILES string of the molecule is [B]N(C=O)c1ccccc1COC1(C)CCN(C)C1. The fraction of sp³-hybridized carbons (Fsp3) is 0.500. The maximum absolute atomic E-state index is 10.8. The quantitative estimate of drug-likeness (QED) is 0.590. The molecule has 1 heterocycles. The van der Waals surface area contributed by atoms with Gasteiger partial charge in [0.25, 0.3) is 0 Å². The van der Waals surface area contributed by atoms with E-state index in [0.29, 0.717) is 18.7 Å². The predicted molar refractivity (Wildman–Crippen MR) is 76.0 cm³/mol. The lowest BCUT2D eigenvalue weighted by Crippen LogP contribution is -2.32. The van der Waals surface area contributed by atoms with Crippen LogP contribution in [0.4, 0.5) is 5.69 Å². The molecule has 19 heavy (non-hydrogen) atoms. The molecule has 1 amide bonds. The highest BCUT2D eigenvalue weighted by Gasteiger charge is 2.32. The molecule has 0 aromatic heterocycles. The van der Waals surface area contributed by atoms with E-state index in [0.717, 1.165) is 29.9 Å². The van der Waals surface area contributed by atoms with Crippen LogP contribution < -0.4 is 4.81 Å². The van der Waals surface area contributed by atoms with Crippen LogP contribution in [0.15, 0.2) is 24.3 Å². The van der Waals surface area contributed by atoms with Gasteiger partial charge >= 0.3 is 0 Å². The topological polar surface area (TPSA) is 32.8 Å². The minimum Gasteiger partial charge on any atom is -0.371 e. The molecule has 0 bridgehead atoms. The summed E-state index contributed by atoms with van der Waals surface area (Å²) in [5.41, 5.74) is 1.49. The van der Waals surface area contributed by atoms with Crippen molar-refractivity contribution in [3.63, 3.8) is 0 Å². The van der Waals surface area contributed by atoms with Crippen molar-refractivity contribution in [2.45, 2.75) is 25.6 Å². The van der Waals surface area contributed by atoms with Crippen LogP contribution in [0.3, 0.4) is 0 Å². The molecule has 0 N–H and O–H groups in total. The number of rotatable bonds is 5. The Morgan fingerprint density at radius 1 is 1.53 bits per heavy atom. The van der Waals surface area contributed by atoms with Gasteiger partial charge in [-0.15, -0.1) is 0 Å². The highest BCUT2D eigenvalue weighted by molar-refractivity contribution is 6.26. The molecular weight excluding hydrogens is 239 g/mol. The summed E-state index contributed by atoms with van der Waals surface area (Å²) in [6.45, 7) is 4.56. The zero-order chi connectivity index (χ0) is 13.9. The molecule has 1 atom stereocenters. The summed E-state index contributed by atoms with van der Waals surface area (Å²) in [6.07, 6.45) is 1.62. The molecule has 1 saturated heterocycles. The smallest absolute Gasteiger partial charge is 0.238 e. The van der Waals surface area contributed by atoms with Gasteiger partial charge in [-0.3, -0.25) is 4.79 Å². The van der Waals surface area contributed by atoms with Gasteiger partial charge < -0.3 is 14.4 Å². The Hall–Kier alpha value is -1.33. The molecule has 5 heteroatoms. The number of para-hydroxylation sites is 1. The van der Waals surface area contributed by atoms with Crippen molar-refractivity contribution in [2.75, 3.05) is 24.9 Å². The number of benzene rings is 1. The number of likely N-dealkylation sites (N-methyl/N-ethyl adjacent to an activating group) is 1. The first-order valence-electron chi connectivity index (χ1n) is 6.44. The first-order valence-corrected chi connectivity index (χ1v) is 6.44. The summed E-state index contributed by atoms with van der Waals surface area (Å²) in [5.74, 6) is 0. The summed E-state index contributed by atoms with van der Waals surface area (Å²) >= 11 is 0. The van der Waals surface area contributed by atoms with Gasteiger partial charge in [-0.05, 0) is 26.5 Å². The molecule has 0 saturated carbocycles. The van der Waals surface area contributed by atoms with Crippen molar-refractivity contribution in [1.82, 2.24) is 4.90 Å². The Labute approximate surface area is 115 Å². The zero-order valence-corrected chi connectivity index (χ0v) is 11.5. The van der Waals surface area contributed by atoms with Crippen LogP contribution in [0.25, 0.3) is 0 Å². The maximum Gasteiger partial charge on any atom is 0.238 e. The number of likely N-dealkylation sites (tertiary alicyclic amines) is 1. The maximum atomic E-state index is 10.8. The van der Waals surface area contributed by atoms with Crippen LogP contribution in [0, 0.1) is 0 Å². The Morgan fingerprint density at radius 3 is 2.89 bits per heavy atom. The van der Waals surface area contributed by atoms with E-state index in [1.807, 2.05) is 24.3 Å². The molecule has 2 rings (SSSR count). The monoisotopic (exact) mass is 258 g/mol. The van der Waals surface area contributed by atoms with E-state index in [1.54, 1.807) is 0 Å². The number of hydrogen-bond donors (Lipinski definition) is 0. The standard InChI is InChI=1S/C14H19BN2O2/c1-14(7-8-16(2)10-14)19-9-12-5-3-4-6-13(12)17(15)11-18/h3-6,11H,7-10H2,1-2H3. The van der Waals surface area contributed by atoms with Gasteiger partial charge in [-0.25, -0.2) is 0 Å². The molecule has 2 radical (unpaired) electrons. The summed E-state index contributed by atoms with van der Waals surface area (Å²) in [6, 6.07) is 7.52. The minimum absolute atomic E-state index is 0.123. The minimum atomic E-state index is -0.123. The second kappa shape index (κ2) is 5.76. The van der Waals surface area contributed by atoms with E-state index in [-0.39, 0.29) is 5.60 Å². The van der Waals surface area contributed by atoms with Gasteiger partial charge in [0.05, 0.1) is 12.2 Å². The number of ether oxygens (including phenoxy) is 1. The first-order chi connectivity index (χ1) is 9.04. The summed E-state index contributed by atoms with van der Waals surface area (Å²) in [7, 11) is 7.73. The van der Waals surface area contributed by atoms with Gasteiger partial charge in [0, 0.05) is 24.3 Å². The third-order valence-corrected chi connectivity index (χ3v) is 3.59. The Kier molecular flexibility index (Phi) is 4.27. The third-order valence-electron chi connectivity index (χ3n) is 3.59.